The van der Waals surface area contributed by atoms with Crippen LogP contribution in [0.3, 0.4) is 0 Å². The Morgan fingerprint density at radius 1 is 1.29 bits per heavy atom. The van der Waals surface area contributed by atoms with Crippen LogP contribution in [0.15, 0.2) is 0 Å². The van der Waals surface area contributed by atoms with E-state index < -0.39 is 17.8 Å². The molecule has 0 radical (unpaired) electrons. The van der Waals surface area contributed by atoms with Gasteiger partial charge in [-0.25, -0.2) is 4.79 Å². The van der Waals surface area contributed by atoms with Gasteiger partial charge in [0.15, 0.2) is 0 Å². The molecule has 0 aromatic carbocycles. The summed E-state index contributed by atoms with van der Waals surface area (Å²) in [6, 6.07) is 0. The summed E-state index contributed by atoms with van der Waals surface area (Å²) < 4.78 is 0. The Labute approximate surface area is 96.0 Å². The molecule has 6 heteroatoms. The molecule has 1 heterocycles. The predicted octanol–water partition coefficient (Wildman–Crippen LogP) is 0.247. The van der Waals surface area contributed by atoms with E-state index in [4.69, 9.17) is 0 Å². The molecule has 2 amide bonds. The Bertz CT molecular complexity index is 248. The Morgan fingerprint density at radius 3 is 2.07 bits per heavy atom. The molecule has 0 aromatic heterocycles. The van der Waals surface area contributed by atoms with Crippen LogP contribution in [-0.2, 0) is 40.3 Å². The van der Waals surface area contributed by atoms with E-state index in [-0.39, 0.29) is 39.8 Å². The number of hydrogen-bond acceptors (Lipinski definition) is 4. The van der Waals surface area contributed by atoms with Gasteiger partial charge in [-0.1, -0.05) is 13.8 Å². The average Bonchev–Trinajstić information content (AvgIpc) is 2.35. The van der Waals surface area contributed by atoms with E-state index >= 15 is 0 Å². The number of nitrogens with zero attached hydrogens (tertiary/aromatic N) is 1. The van der Waals surface area contributed by atoms with E-state index in [9.17, 15) is 14.4 Å². The third kappa shape index (κ3) is 2.91. The number of rotatable bonds is 2. The van der Waals surface area contributed by atoms with Crippen LogP contribution in [0.4, 0.5) is 0 Å². The molecule has 0 atom stereocenters. The first-order chi connectivity index (χ1) is 6.02. The zero-order chi connectivity index (χ0) is 10.0. The summed E-state index contributed by atoms with van der Waals surface area (Å²) in [4.78, 5) is 37.6. The van der Waals surface area contributed by atoms with E-state index in [1.165, 1.54) is 0 Å². The molecule has 0 aliphatic carbocycles. The minimum absolute atomic E-state index is 0. The summed E-state index contributed by atoms with van der Waals surface area (Å²) in [6.07, 6.45) is 0.258. The molecule has 78 valence electrons. The Hall–Kier alpha value is -0.702. The smallest absolute Gasteiger partial charge is 0.330 e. The van der Waals surface area contributed by atoms with Crippen LogP contribution >= 0.6 is 0 Å². The maximum Gasteiger partial charge on any atom is 0.335 e. The third-order valence-electron chi connectivity index (χ3n) is 1.66. The summed E-state index contributed by atoms with van der Waals surface area (Å²) in [5.41, 5.74) is 0. The van der Waals surface area contributed by atoms with Crippen LogP contribution in [0.5, 0.6) is 0 Å². The van der Waals surface area contributed by atoms with Crippen molar-refractivity contribution in [3.63, 3.8) is 0 Å². The molecule has 1 aliphatic rings. The van der Waals surface area contributed by atoms with Gasteiger partial charge in [-0.2, -0.15) is 0 Å². The van der Waals surface area contributed by atoms with E-state index in [0.29, 0.717) is 5.06 Å². The Morgan fingerprint density at radius 2 is 1.71 bits per heavy atom. The summed E-state index contributed by atoms with van der Waals surface area (Å²) in [7, 11) is 0. The molecule has 0 N–H and O–H groups in total. The van der Waals surface area contributed by atoms with Crippen molar-refractivity contribution >= 4 is 17.8 Å². The fraction of sp³-hybridized carbons (Fsp3) is 0.625. The number of hydrogen-bond donors (Lipinski definition) is 0. The van der Waals surface area contributed by atoms with Gasteiger partial charge in [0.1, 0.15) is 0 Å². The molecule has 1 rings (SSSR count). The number of carbonyl (C=O) groups is 3. The van der Waals surface area contributed by atoms with Crippen molar-refractivity contribution in [2.24, 2.45) is 5.92 Å². The van der Waals surface area contributed by atoms with E-state index in [0.717, 1.165) is 0 Å². The number of carbonyl (C=O) groups excluding carboxylic acids is 3. The van der Waals surface area contributed by atoms with Gasteiger partial charge in [-0.15, -0.1) is 5.06 Å². The maximum atomic E-state index is 11.0. The molecule has 5 nitrogen and oxygen atoms in total. The standard InChI is InChI=1S/C8H11NO4.W/c1-5(2)8(12)13-9-6(10)3-4-7(9)11;/h5H,3-4H2,1-2H3;. The van der Waals surface area contributed by atoms with E-state index in [1.54, 1.807) is 13.8 Å². The van der Waals surface area contributed by atoms with Crippen molar-refractivity contribution in [3.8, 4) is 0 Å². The molecule has 0 spiro atoms. The second-order valence-corrected chi connectivity index (χ2v) is 3.15. The van der Waals surface area contributed by atoms with Gasteiger partial charge >= 0.3 is 5.97 Å². The van der Waals surface area contributed by atoms with Crippen LogP contribution in [0.1, 0.15) is 26.7 Å². The molecule has 14 heavy (non-hydrogen) atoms. The van der Waals surface area contributed by atoms with Crippen molar-refractivity contribution in [2.45, 2.75) is 26.7 Å². The summed E-state index contributed by atoms with van der Waals surface area (Å²) in [5, 5.41) is 0.558. The minimum Gasteiger partial charge on any atom is -0.330 e. The van der Waals surface area contributed by atoms with Gasteiger partial charge in [0, 0.05) is 33.9 Å². The fourth-order valence-electron chi connectivity index (χ4n) is 0.853. The van der Waals surface area contributed by atoms with E-state index in [2.05, 4.69) is 4.84 Å². The van der Waals surface area contributed by atoms with Gasteiger partial charge in [-0.05, 0) is 0 Å². The van der Waals surface area contributed by atoms with Crippen LogP contribution in [-0.4, -0.2) is 22.8 Å². The molecular formula is C8H11NO4W. The van der Waals surface area contributed by atoms with Crippen molar-refractivity contribution in [1.29, 1.82) is 0 Å². The first-order valence-electron chi connectivity index (χ1n) is 4.10. The maximum absolute atomic E-state index is 11.0. The first-order valence-corrected chi connectivity index (χ1v) is 4.10. The number of hydroxylamine groups is 2. The quantitative estimate of drug-likeness (QED) is 0.655. The van der Waals surface area contributed by atoms with Crippen LogP contribution in [0, 0.1) is 5.92 Å². The monoisotopic (exact) mass is 369 g/mol. The van der Waals surface area contributed by atoms with Crippen molar-refractivity contribution in [3.05, 3.63) is 0 Å². The SMILES string of the molecule is CC(C)C(=O)ON1C(=O)CCC1=O.[W]. The zero-order valence-corrected chi connectivity index (χ0v) is 10.9. The van der Waals surface area contributed by atoms with Crippen molar-refractivity contribution in [1.82, 2.24) is 5.06 Å². The van der Waals surface area contributed by atoms with Gasteiger partial charge in [-0.3, -0.25) is 9.59 Å². The summed E-state index contributed by atoms with van der Waals surface area (Å²) in [5.74, 6) is -1.80. The van der Waals surface area contributed by atoms with Crippen molar-refractivity contribution < 1.29 is 40.3 Å². The number of amides is 2. The molecule has 0 saturated carbocycles. The second-order valence-electron chi connectivity index (χ2n) is 3.15. The van der Waals surface area contributed by atoms with E-state index in [1.807, 2.05) is 0 Å². The molecule has 0 aromatic rings. The summed E-state index contributed by atoms with van der Waals surface area (Å²) in [6.45, 7) is 3.26. The van der Waals surface area contributed by atoms with Crippen molar-refractivity contribution in [2.75, 3.05) is 0 Å². The zero-order valence-electron chi connectivity index (χ0n) is 7.98. The normalized spacial score (nSPS) is 15.8. The Balaban J connectivity index is 0.00000169. The molecule has 1 fully saturated rings. The molecule has 0 unspecified atom stereocenters. The third-order valence-corrected chi connectivity index (χ3v) is 1.66. The molecule has 1 saturated heterocycles. The van der Waals surface area contributed by atoms with Crippen LogP contribution < -0.4 is 0 Å². The van der Waals surface area contributed by atoms with Crippen LogP contribution in [0.2, 0.25) is 0 Å². The second kappa shape index (κ2) is 5.25. The molecular weight excluding hydrogens is 358 g/mol. The molecule has 1 aliphatic heterocycles. The predicted molar refractivity (Wildman–Crippen MR) is 42.0 cm³/mol. The van der Waals surface area contributed by atoms with Gasteiger partial charge in [0.25, 0.3) is 11.8 Å². The Kier molecular flexibility index (Phi) is 4.98. The van der Waals surface area contributed by atoms with Gasteiger partial charge < -0.3 is 4.84 Å². The molecule has 0 bridgehead atoms. The number of imide groups is 1. The van der Waals surface area contributed by atoms with Gasteiger partial charge in [0.05, 0.1) is 5.92 Å². The first kappa shape index (κ1) is 13.3. The van der Waals surface area contributed by atoms with Crippen LogP contribution in [0.25, 0.3) is 0 Å². The van der Waals surface area contributed by atoms with Gasteiger partial charge in [0.2, 0.25) is 0 Å². The largest absolute Gasteiger partial charge is 0.335 e. The topological polar surface area (TPSA) is 63.7 Å². The fourth-order valence-corrected chi connectivity index (χ4v) is 0.853. The summed E-state index contributed by atoms with van der Waals surface area (Å²) >= 11 is 0. The minimum atomic E-state index is -0.566. The average molecular weight is 369 g/mol.